The third kappa shape index (κ3) is 3.01. The van der Waals surface area contributed by atoms with Crippen LogP contribution in [-0.4, -0.2) is 28.0 Å². The molecule has 106 valence electrons. The zero-order valence-corrected chi connectivity index (χ0v) is 12.7. The standard InChI is InChI=1S/C14H15BrN2O3/c1-7(2)12(14(19)20)17-13(18)11-6-8-5-9(15)3-4-10(8)16-11/h3-7,12,16H,1-2H3,(H,17,18)(H,19,20)/t12-/m0/s1. The molecule has 0 aliphatic rings. The number of carboxylic acids is 1. The van der Waals surface area contributed by atoms with Gasteiger partial charge in [-0.1, -0.05) is 29.8 Å². The van der Waals surface area contributed by atoms with E-state index >= 15 is 0 Å². The number of rotatable bonds is 4. The van der Waals surface area contributed by atoms with Gasteiger partial charge in [0.05, 0.1) is 0 Å². The number of carbonyl (C=O) groups excluding carboxylic acids is 1. The Kier molecular flexibility index (Phi) is 4.13. The van der Waals surface area contributed by atoms with Crippen molar-refractivity contribution in [2.24, 2.45) is 5.92 Å². The summed E-state index contributed by atoms with van der Waals surface area (Å²) in [5.74, 6) is -1.64. The highest BCUT2D eigenvalue weighted by Gasteiger charge is 2.24. The molecule has 20 heavy (non-hydrogen) atoms. The molecule has 3 N–H and O–H groups in total. The third-order valence-electron chi connectivity index (χ3n) is 3.05. The minimum absolute atomic E-state index is 0.185. The molecule has 2 rings (SSSR count). The summed E-state index contributed by atoms with van der Waals surface area (Å²) < 4.78 is 0.918. The van der Waals surface area contributed by atoms with Gasteiger partial charge < -0.3 is 15.4 Å². The molecule has 0 bridgehead atoms. The van der Waals surface area contributed by atoms with Gasteiger partial charge in [0.1, 0.15) is 11.7 Å². The first-order chi connectivity index (χ1) is 9.38. The summed E-state index contributed by atoms with van der Waals surface area (Å²) in [7, 11) is 0. The van der Waals surface area contributed by atoms with Gasteiger partial charge >= 0.3 is 5.97 Å². The average molecular weight is 339 g/mol. The van der Waals surface area contributed by atoms with E-state index in [-0.39, 0.29) is 5.92 Å². The number of nitrogens with one attached hydrogen (secondary N) is 2. The number of hydrogen-bond acceptors (Lipinski definition) is 2. The van der Waals surface area contributed by atoms with Crippen LogP contribution in [0.15, 0.2) is 28.7 Å². The smallest absolute Gasteiger partial charge is 0.326 e. The third-order valence-corrected chi connectivity index (χ3v) is 3.54. The van der Waals surface area contributed by atoms with Crippen molar-refractivity contribution in [3.8, 4) is 0 Å². The molecule has 1 heterocycles. The second kappa shape index (κ2) is 5.66. The van der Waals surface area contributed by atoms with Crippen molar-refractivity contribution in [2.75, 3.05) is 0 Å². The fourth-order valence-electron chi connectivity index (χ4n) is 1.96. The average Bonchev–Trinajstić information content (AvgIpc) is 2.77. The Morgan fingerprint density at radius 1 is 1.30 bits per heavy atom. The van der Waals surface area contributed by atoms with Gasteiger partial charge in [-0.05, 0) is 30.2 Å². The highest BCUT2D eigenvalue weighted by Crippen LogP contribution is 2.20. The summed E-state index contributed by atoms with van der Waals surface area (Å²) in [6.45, 7) is 3.50. The minimum Gasteiger partial charge on any atom is -0.480 e. The van der Waals surface area contributed by atoms with Crippen LogP contribution in [0.3, 0.4) is 0 Å². The molecule has 1 aromatic carbocycles. The van der Waals surface area contributed by atoms with Crippen LogP contribution in [0.2, 0.25) is 0 Å². The predicted molar refractivity (Wildman–Crippen MR) is 79.7 cm³/mol. The first-order valence-electron chi connectivity index (χ1n) is 6.20. The Morgan fingerprint density at radius 2 is 2.00 bits per heavy atom. The van der Waals surface area contributed by atoms with Crippen LogP contribution in [0.5, 0.6) is 0 Å². The van der Waals surface area contributed by atoms with Gasteiger partial charge in [0.25, 0.3) is 5.91 Å². The maximum absolute atomic E-state index is 12.1. The number of aromatic amines is 1. The number of benzene rings is 1. The molecule has 0 saturated carbocycles. The molecule has 2 aromatic rings. The van der Waals surface area contributed by atoms with Crippen molar-refractivity contribution >= 4 is 38.7 Å². The summed E-state index contributed by atoms with van der Waals surface area (Å²) in [4.78, 5) is 26.2. The van der Waals surface area contributed by atoms with Gasteiger partial charge in [0.2, 0.25) is 0 Å². The van der Waals surface area contributed by atoms with E-state index < -0.39 is 17.9 Å². The Bertz CT molecular complexity index is 663. The molecular formula is C14H15BrN2O3. The summed E-state index contributed by atoms with van der Waals surface area (Å²) in [5, 5.41) is 12.5. The number of H-pyrrole nitrogens is 1. The molecule has 1 atom stereocenters. The molecule has 0 saturated heterocycles. The van der Waals surface area contributed by atoms with E-state index in [1.807, 2.05) is 18.2 Å². The second-order valence-electron chi connectivity index (χ2n) is 4.95. The molecule has 0 fully saturated rings. The summed E-state index contributed by atoms with van der Waals surface area (Å²) in [6.07, 6.45) is 0. The minimum atomic E-state index is -1.03. The van der Waals surface area contributed by atoms with Crippen molar-refractivity contribution < 1.29 is 14.7 Å². The van der Waals surface area contributed by atoms with E-state index in [9.17, 15) is 9.59 Å². The van der Waals surface area contributed by atoms with Crippen LogP contribution in [0.25, 0.3) is 10.9 Å². The van der Waals surface area contributed by atoms with Crippen molar-refractivity contribution in [3.05, 3.63) is 34.4 Å². The van der Waals surface area contributed by atoms with Gasteiger partial charge in [-0.3, -0.25) is 4.79 Å². The van der Waals surface area contributed by atoms with Gasteiger partial charge in [0.15, 0.2) is 0 Å². The molecule has 0 spiro atoms. The molecule has 5 nitrogen and oxygen atoms in total. The van der Waals surface area contributed by atoms with Crippen molar-refractivity contribution in [2.45, 2.75) is 19.9 Å². The summed E-state index contributed by atoms with van der Waals surface area (Å²) in [5.41, 5.74) is 1.18. The second-order valence-corrected chi connectivity index (χ2v) is 5.86. The van der Waals surface area contributed by atoms with Gasteiger partial charge in [0, 0.05) is 15.4 Å². The van der Waals surface area contributed by atoms with Gasteiger partial charge in [-0.15, -0.1) is 0 Å². The van der Waals surface area contributed by atoms with E-state index in [4.69, 9.17) is 5.11 Å². The Labute approximate surface area is 124 Å². The highest BCUT2D eigenvalue weighted by molar-refractivity contribution is 9.10. The van der Waals surface area contributed by atoms with E-state index in [0.29, 0.717) is 5.69 Å². The van der Waals surface area contributed by atoms with Crippen LogP contribution in [-0.2, 0) is 4.79 Å². The number of carboxylic acid groups (broad SMARTS) is 1. The number of halogens is 1. The maximum atomic E-state index is 12.1. The molecule has 0 radical (unpaired) electrons. The molecular weight excluding hydrogens is 324 g/mol. The van der Waals surface area contributed by atoms with E-state index in [1.54, 1.807) is 19.9 Å². The molecule has 6 heteroatoms. The van der Waals surface area contributed by atoms with Gasteiger partial charge in [-0.2, -0.15) is 0 Å². The fraction of sp³-hybridized carbons (Fsp3) is 0.286. The number of amides is 1. The van der Waals surface area contributed by atoms with Crippen LogP contribution in [0.4, 0.5) is 0 Å². The van der Waals surface area contributed by atoms with Crippen molar-refractivity contribution in [3.63, 3.8) is 0 Å². The van der Waals surface area contributed by atoms with E-state index in [0.717, 1.165) is 15.4 Å². The number of aliphatic carboxylic acids is 1. The maximum Gasteiger partial charge on any atom is 0.326 e. The first-order valence-corrected chi connectivity index (χ1v) is 6.99. The predicted octanol–water partition coefficient (Wildman–Crippen LogP) is 2.77. The molecule has 1 amide bonds. The SMILES string of the molecule is CC(C)[C@H](NC(=O)c1cc2cc(Br)ccc2[nH]1)C(=O)O. The molecule has 0 unspecified atom stereocenters. The normalized spacial score (nSPS) is 12.6. The topological polar surface area (TPSA) is 82.2 Å². The molecule has 0 aliphatic carbocycles. The van der Waals surface area contributed by atoms with Crippen LogP contribution in [0, 0.1) is 5.92 Å². The fourth-order valence-corrected chi connectivity index (χ4v) is 2.34. The number of carbonyl (C=O) groups is 2. The lowest BCUT2D eigenvalue weighted by atomic mass is 10.0. The number of aromatic nitrogens is 1. The number of hydrogen-bond donors (Lipinski definition) is 3. The lowest BCUT2D eigenvalue weighted by Gasteiger charge is -2.17. The zero-order chi connectivity index (χ0) is 14.9. The van der Waals surface area contributed by atoms with Crippen LogP contribution in [0.1, 0.15) is 24.3 Å². The van der Waals surface area contributed by atoms with Crippen LogP contribution < -0.4 is 5.32 Å². The Balaban J connectivity index is 2.25. The monoisotopic (exact) mass is 338 g/mol. The zero-order valence-electron chi connectivity index (χ0n) is 11.1. The number of fused-ring (bicyclic) bond motifs is 1. The van der Waals surface area contributed by atoms with Crippen molar-refractivity contribution in [1.29, 1.82) is 0 Å². The van der Waals surface area contributed by atoms with E-state index in [1.165, 1.54) is 0 Å². The Hall–Kier alpha value is -1.82. The lowest BCUT2D eigenvalue weighted by molar-refractivity contribution is -0.140. The quantitative estimate of drug-likeness (QED) is 0.801. The van der Waals surface area contributed by atoms with Crippen LogP contribution >= 0.6 is 15.9 Å². The van der Waals surface area contributed by atoms with Crippen molar-refractivity contribution in [1.82, 2.24) is 10.3 Å². The lowest BCUT2D eigenvalue weighted by Crippen LogP contribution is -2.44. The summed E-state index contributed by atoms with van der Waals surface area (Å²) in [6, 6.07) is 6.41. The summed E-state index contributed by atoms with van der Waals surface area (Å²) >= 11 is 3.36. The Morgan fingerprint density at radius 3 is 2.60 bits per heavy atom. The van der Waals surface area contributed by atoms with Gasteiger partial charge in [-0.25, -0.2) is 4.79 Å². The largest absolute Gasteiger partial charge is 0.480 e. The molecule has 1 aromatic heterocycles. The van der Waals surface area contributed by atoms with E-state index in [2.05, 4.69) is 26.2 Å². The molecule has 0 aliphatic heterocycles. The highest BCUT2D eigenvalue weighted by atomic mass is 79.9. The first kappa shape index (κ1) is 14.6.